The first-order valence-corrected chi connectivity index (χ1v) is 6.79. The molecule has 0 spiro atoms. The van der Waals surface area contributed by atoms with Crippen LogP contribution in [0.1, 0.15) is 39.9 Å². The summed E-state index contributed by atoms with van der Waals surface area (Å²) in [5.41, 5.74) is 2.55. The van der Waals surface area contributed by atoms with E-state index in [0.717, 1.165) is 12.2 Å². The van der Waals surface area contributed by atoms with Gasteiger partial charge in [0.05, 0.1) is 0 Å². The average Bonchev–Trinajstić information content (AvgIpc) is 2.43. The lowest BCUT2D eigenvalue weighted by atomic mass is 10.0. The fraction of sp³-hybridized carbons (Fsp3) is 0.692. The van der Waals surface area contributed by atoms with Crippen molar-refractivity contribution in [2.45, 2.75) is 46.8 Å². The van der Waals surface area contributed by atoms with Gasteiger partial charge in [0.15, 0.2) is 5.82 Å². The average molecular weight is 267 g/mol. The standard InChI is InChI=1S/C13H25N5O/c1-5-9(3)10(4)15-11-7-12(18-14)17-13(16-11)8-19-6-2/h7,9-10H,5-6,8,14H2,1-4H3,(H2,15,16,17,18). The minimum atomic E-state index is 0.338. The van der Waals surface area contributed by atoms with Crippen LogP contribution in [0.15, 0.2) is 6.07 Å². The largest absolute Gasteiger partial charge is 0.374 e. The molecule has 6 heteroatoms. The third-order valence-electron chi connectivity index (χ3n) is 3.23. The Labute approximate surface area is 115 Å². The normalized spacial score (nSPS) is 13.9. The highest BCUT2D eigenvalue weighted by Gasteiger charge is 2.12. The van der Waals surface area contributed by atoms with E-state index in [1.165, 1.54) is 0 Å². The zero-order valence-electron chi connectivity index (χ0n) is 12.2. The van der Waals surface area contributed by atoms with Crippen LogP contribution in [0.5, 0.6) is 0 Å². The van der Waals surface area contributed by atoms with E-state index in [-0.39, 0.29) is 0 Å². The minimum Gasteiger partial charge on any atom is -0.374 e. The zero-order chi connectivity index (χ0) is 14.3. The molecule has 6 nitrogen and oxygen atoms in total. The van der Waals surface area contributed by atoms with Gasteiger partial charge in [-0.25, -0.2) is 15.8 Å². The van der Waals surface area contributed by atoms with Gasteiger partial charge in [-0.3, -0.25) is 0 Å². The van der Waals surface area contributed by atoms with Gasteiger partial charge in [0, 0.05) is 18.7 Å². The molecular formula is C13H25N5O. The van der Waals surface area contributed by atoms with Gasteiger partial charge in [0.1, 0.15) is 18.2 Å². The molecule has 1 rings (SSSR count). The molecule has 2 atom stereocenters. The molecule has 0 saturated heterocycles. The van der Waals surface area contributed by atoms with Crippen molar-refractivity contribution in [2.24, 2.45) is 11.8 Å². The van der Waals surface area contributed by atoms with Crippen LogP contribution in [0.25, 0.3) is 0 Å². The Morgan fingerprint density at radius 1 is 1.26 bits per heavy atom. The molecule has 0 saturated carbocycles. The van der Waals surface area contributed by atoms with Gasteiger partial charge in [-0.05, 0) is 19.8 Å². The van der Waals surface area contributed by atoms with Crippen molar-refractivity contribution in [1.29, 1.82) is 0 Å². The van der Waals surface area contributed by atoms with Gasteiger partial charge in [-0.1, -0.05) is 20.3 Å². The van der Waals surface area contributed by atoms with Gasteiger partial charge in [-0.15, -0.1) is 0 Å². The predicted octanol–water partition coefficient (Wildman–Crippen LogP) is 2.15. The molecule has 0 aliphatic rings. The Kier molecular flexibility index (Phi) is 6.52. The molecule has 1 aromatic heterocycles. The smallest absolute Gasteiger partial charge is 0.158 e. The molecule has 0 fully saturated rings. The Balaban J connectivity index is 2.81. The van der Waals surface area contributed by atoms with Crippen molar-refractivity contribution in [2.75, 3.05) is 17.3 Å². The molecular weight excluding hydrogens is 242 g/mol. The number of anilines is 2. The van der Waals surface area contributed by atoms with Crippen LogP contribution in [0.2, 0.25) is 0 Å². The number of nitrogens with zero attached hydrogens (tertiary/aromatic N) is 2. The maximum absolute atomic E-state index is 5.42. The van der Waals surface area contributed by atoms with Crippen LogP contribution >= 0.6 is 0 Å². The van der Waals surface area contributed by atoms with Crippen molar-refractivity contribution in [3.63, 3.8) is 0 Å². The van der Waals surface area contributed by atoms with Gasteiger partial charge >= 0.3 is 0 Å². The second kappa shape index (κ2) is 7.91. The van der Waals surface area contributed by atoms with Crippen molar-refractivity contribution >= 4 is 11.6 Å². The summed E-state index contributed by atoms with van der Waals surface area (Å²) in [6.45, 7) is 9.50. The van der Waals surface area contributed by atoms with E-state index >= 15 is 0 Å². The summed E-state index contributed by atoms with van der Waals surface area (Å²) in [6.07, 6.45) is 1.12. The molecule has 0 radical (unpaired) electrons. The monoisotopic (exact) mass is 267 g/mol. The Morgan fingerprint density at radius 3 is 2.53 bits per heavy atom. The van der Waals surface area contributed by atoms with Gasteiger partial charge < -0.3 is 15.5 Å². The Morgan fingerprint density at radius 2 is 1.95 bits per heavy atom. The number of nitrogens with one attached hydrogen (secondary N) is 2. The van der Waals surface area contributed by atoms with Crippen LogP contribution in [-0.4, -0.2) is 22.6 Å². The number of nitrogens with two attached hydrogens (primary N) is 1. The zero-order valence-corrected chi connectivity index (χ0v) is 12.2. The molecule has 0 amide bonds. The summed E-state index contributed by atoms with van der Waals surface area (Å²) in [5, 5.41) is 3.38. The molecule has 2 unspecified atom stereocenters. The second-order valence-corrected chi connectivity index (χ2v) is 4.65. The first kappa shape index (κ1) is 15.7. The summed E-state index contributed by atoms with van der Waals surface area (Å²) in [6, 6.07) is 2.14. The summed E-state index contributed by atoms with van der Waals surface area (Å²) in [7, 11) is 0. The molecule has 0 aliphatic heterocycles. The number of rotatable bonds is 8. The summed E-state index contributed by atoms with van der Waals surface area (Å²) in [5.74, 6) is 7.97. The van der Waals surface area contributed by atoms with Gasteiger partial charge in [0.25, 0.3) is 0 Å². The van der Waals surface area contributed by atoms with Crippen molar-refractivity contribution in [3.05, 3.63) is 11.9 Å². The molecule has 108 valence electrons. The summed E-state index contributed by atoms with van der Waals surface area (Å²) >= 11 is 0. The molecule has 1 aromatic rings. The number of hydrogen-bond donors (Lipinski definition) is 3. The van der Waals surface area contributed by atoms with Crippen LogP contribution < -0.4 is 16.6 Å². The van der Waals surface area contributed by atoms with Crippen LogP contribution in [0.4, 0.5) is 11.6 Å². The second-order valence-electron chi connectivity index (χ2n) is 4.65. The van der Waals surface area contributed by atoms with Gasteiger partial charge in [-0.2, -0.15) is 0 Å². The van der Waals surface area contributed by atoms with E-state index in [1.807, 2.05) is 6.92 Å². The number of aromatic nitrogens is 2. The highest BCUT2D eigenvalue weighted by atomic mass is 16.5. The summed E-state index contributed by atoms with van der Waals surface area (Å²) < 4.78 is 5.33. The number of nitrogen functional groups attached to an aromatic ring is 1. The molecule has 19 heavy (non-hydrogen) atoms. The lowest BCUT2D eigenvalue weighted by molar-refractivity contribution is 0.128. The Hall–Kier alpha value is -1.40. The maximum Gasteiger partial charge on any atom is 0.158 e. The topological polar surface area (TPSA) is 85.1 Å². The number of hydrazine groups is 1. The van der Waals surface area contributed by atoms with Gasteiger partial charge in [0.2, 0.25) is 0 Å². The first-order chi connectivity index (χ1) is 9.10. The fourth-order valence-electron chi connectivity index (χ4n) is 1.63. The van der Waals surface area contributed by atoms with E-state index < -0.39 is 0 Å². The highest BCUT2D eigenvalue weighted by molar-refractivity contribution is 5.47. The van der Waals surface area contributed by atoms with Crippen molar-refractivity contribution in [1.82, 2.24) is 9.97 Å². The third kappa shape index (κ3) is 5.00. The Bertz CT molecular complexity index is 385. The molecule has 1 heterocycles. The number of hydrogen-bond acceptors (Lipinski definition) is 6. The lowest BCUT2D eigenvalue weighted by Crippen LogP contribution is -2.24. The van der Waals surface area contributed by atoms with Crippen molar-refractivity contribution in [3.8, 4) is 0 Å². The van der Waals surface area contributed by atoms with E-state index in [4.69, 9.17) is 10.6 Å². The van der Waals surface area contributed by atoms with Crippen LogP contribution in [-0.2, 0) is 11.3 Å². The lowest BCUT2D eigenvalue weighted by Gasteiger charge is -2.21. The maximum atomic E-state index is 5.42. The van der Waals surface area contributed by atoms with Crippen LogP contribution in [0, 0.1) is 5.92 Å². The van der Waals surface area contributed by atoms with Crippen LogP contribution in [0.3, 0.4) is 0 Å². The van der Waals surface area contributed by atoms with Crippen molar-refractivity contribution < 1.29 is 4.74 Å². The number of ether oxygens (including phenoxy) is 1. The molecule has 4 N–H and O–H groups in total. The molecule has 0 bridgehead atoms. The van der Waals surface area contributed by atoms with E-state index in [0.29, 0.717) is 36.8 Å². The quantitative estimate of drug-likeness (QED) is 0.494. The molecule has 0 aliphatic carbocycles. The van der Waals surface area contributed by atoms with E-state index in [1.54, 1.807) is 6.07 Å². The van der Waals surface area contributed by atoms with E-state index in [9.17, 15) is 0 Å². The van der Waals surface area contributed by atoms with E-state index in [2.05, 4.69) is 41.5 Å². The molecule has 0 aromatic carbocycles. The fourth-order valence-corrected chi connectivity index (χ4v) is 1.63. The minimum absolute atomic E-state index is 0.338. The first-order valence-electron chi connectivity index (χ1n) is 6.79. The highest BCUT2D eigenvalue weighted by Crippen LogP contribution is 2.16. The predicted molar refractivity (Wildman–Crippen MR) is 77.7 cm³/mol. The summed E-state index contributed by atoms with van der Waals surface area (Å²) in [4.78, 5) is 8.68. The third-order valence-corrected chi connectivity index (χ3v) is 3.23. The SMILES string of the molecule is CCOCc1nc(NN)cc(NC(C)C(C)CC)n1.